The number of carbonyl (C=O) groups is 1. The van der Waals surface area contributed by atoms with E-state index in [1.807, 2.05) is 0 Å². The smallest absolute Gasteiger partial charge is 0.320 e. The molecule has 6 nitrogen and oxygen atoms in total. The molecule has 0 radical (unpaired) electrons. The molecule has 1 heterocycles. The van der Waals surface area contributed by atoms with Crippen LogP contribution in [0.5, 0.6) is 0 Å². The van der Waals surface area contributed by atoms with E-state index in [0.717, 1.165) is 19.4 Å². The van der Waals surface area contributed by atoms with Crippen LogP contribution in [0.2, 0.25) is 0 Å². The molecule has 0 fully saturated rings. The maximum absolute atomic E-state index is 10.1. The molecule has 23 heavy (non-hydrogen) atoms. The second kappa shape index (κ2) is 9.99. The number of hydrogen-bond donors (Lipinski definition) is 4. The van der Waals surface area contributed by atoms with Gasteiger partial charge in [0.15, 0.2) is 0 Å². The summed E-state index contributed by atoms with van der Waals surface area (Å²) in [4.78, 5) is 15.6. The predicted molar refractivity (Wildman–Crippen MR) is 94.2 cm³/mol. The normalized spacial score (nSPS) is 12.0. The van der Waals surface area contributed by atoms with Crippen molar-refractivity contribution in [3.8, 4) is 0 Å². The number of aliphatic carboxylic acids is 1. The quantitative estimate of drug-likeness (QED) is 0.581. The van der Waals surface area contributed by atoms with Crippen molar-refractivity contribution >= 4 is 16.9 Å². The minimum Gasteiger partial charge on any atom is -0.480 e. The lowest BCUT2D eigenvalue weighted by atomic mass is 10.1. The summed E-state index contributed by atoms with van der Waals surface area (Å²) in [5.41, 5.74) is 13.0. The van der Waals surface area contributed by atoms with Gasteiger partial charge in [0.1, 0.15) is 6.04 Å². The third-order valence-electron chi connectivity index (χ3n) is 3.45. The highest BCUT2D eigenvalue weighted by molar-refractivity contribution is 5.82. The van der Waals surface area contributed by atoms with Crippen molar-refractivity contribution in [2.45, 2.75) is 31.8 Å². The van der Waals surface area contributed by atoms with E-state index in [2.05, 4.69) is 54.4 Å². The maximum atomic E-state index is 10.1. The van der Waals surface area contributed by atoms with E-state index >= 15 is 0 Å². The van der Waals surface area contributed by atoms with E-state index in [-0.39, 0.29) is 0 Å². The molecule has 0 unspecified atom stereocenters. The Morgan fingerprint density at radius 2 is 2.00 bits per heavy atom. The fourth-order valence-corrected chi connectivity index (χ4v) is 2.24. The Morgan fingerprint density at radius 3 is 2.61 bits per heavy atom. The zero-order valence-electron chi connectivity index (χ0n) is 14.0. The summed E-state index contributed by atoms with van der Waals surface area (Å²) in [6.07, 6.45) is 4.25. The van der Waals surface area contributed by atoms with E-state index in [4.69, 9.17) is 16.6 Å². The van der Waals surface area contributed by atoms with Crippen LogP contribution in [0.4, 0.5) is 0 Å². The number of H-pyrrole nitrogens is 1. The van der Waals surface area contributed by atoms with Gasteiger partial charge in [-0.1, -0.05) is 24.6 Å². The number of rotatable bonds is 7. The Kier molecular flexibility index (Phi) is 8.32. The number of hydrogen-bond acceptors (Lipinski definition) is 4. The molecule has 6 N–H and O–H groups in total. The second-order valence-electron chi connectivity index (χ2n) is 5.83. The lowest BCUT2D eigenvalue weighted by molar-refractivity contribution is -0.138. The van der Waals surface area contributed by atoms with Crippen LogP contribution in [0.15, 0.2) is 30.5 Å². The van der Waals surface area contributed by atoms with Crippen molar-refractivity contribution in [1.29, 1.82) is 0 Å². The number of aromatic nitrogens is 1. The molecule has 0 aliphatic heterocycles. The Hall–Kier alpha value is -1.89. The summed E-state index contributed by atoms with van der Waals surface area (Å²) < 4.78 is 0. The molecule has 1 aromatic carbocycles. The standard InChI is InChI=1S/C11H14N2.C6H14N2O2/c1-13(2)8-9-7-12-11-6-4-3-5-10(9)11;7-4-2-1-3-5(8)6(9)10/h3-7,12H,8H2,1-2H3;5H,1-4,7-8H2,(H,9,10)/t;5-/m.0/s1. The van der Waals surface area contributed by atoms with E-state index in [9.17, 15) is 4.79 Å². The Morgan fingerprint density at radius 1 is 1.30 bits per heavy atom. The molecule has 0 saturated carbocycles. The van der Waals surface area contributed by atoms with Gasteiger partial charge in [0.25, 0.3) is 0 Å². The van der Waals surface area contributed by atoms with E-state index in [1.165, 1.54) is 16.5 Å². The topological polar surface area (TPSA) is 108 Å². The van der Waals surface area contributed by atoms with Gasteiger partial charge in [-0.2, -0.15) is 0 Å². The minimum absolute atomic E-state index is 0.520. The monoisotopic (exact) mass is 320 g/mol. The molecule has 2 rings (SSSR count). The van der Waals surface area contributed by atoms with E-state index < -0.39 is 12.0 Å². The molecule has 0 spiro atoms. The van der Waals surface area contributed by atoms with Crippen molar-refractivity contribution in [2.75, 3.05) is 20.6 Å². The van der Waals surface area contributed by atoms with Crippen LogP contribution in [-0.2, 0) is 11.3 Å². The zero-order chi connectivity index (χ0) is 17.2. The third kappa shape index (κ3) is 6.81. The van der Waals surface area contributed by atoms with Gasteiger partial charge in [0, 0.05) is 23.6 Å². The maximum Gasteiger partial charge on any atom is 0.320 e. The molecule has 0 aliphatic carbocycles. The highest BCUT2D eigenvalue weighted by Gasteiger charge is 2.09. The number of aromatic amines is 1. The van der Waals surface area contributed by atoms with Crippen molar-refractivity contribution in [1.82, 2.24) is 9.88 Å². The fourth-order valence-electron chi connectivity index (χ4n) is 2.24. The third-order valence-corrected chi connectivity index (χ3v) is 3.45. The molecular weight excluding hydrogens is 292 g/mol. The Balaban J connectivity index is 0.000000241. The van der Waals surface area contributed by atoms with Gasteiger partial charge in [-0.05, 0) is 45.1 Å². The predicted octanol–water partition coefficient (Wildman–Crippen LogP) is 1.76. The summed E-state index contributed by atoms with van der Waals surface area (Å²) in [5, 5.41) is 9.65. The first-order valence-electron chi connectivity index (χ1n) is 7.84. The SMILES string of the molecule is CN(C)Cc1c[nH]c2ccccc12.NCCCC[C@H](N)C(=O)O. The molecule has 128 valence electrons. The van der Waals surface area contributed by atoms with Crippen molar-refractivity contribution in [2.24, 2.45) is 11.5 Å². The van der Waals surface area contributed by atoms with Crippen LogP contribution in [0, 0.1) is 0 Å². The molecule has 0 bridgehead atoms. The molecule has 1 aromatic heterocycles. The highest BCUT2D eigenvalue weighted by atomic mass is 16.4. The second-order valence-corrected chi connectivity index (χ2v) is 5.83. The zero-order valence-corrected chi connectivity index (χ0v) is 14.0. The number of benzene rings is 1. The van der Waals surface area contributed by atoms with Crippen LogP contribution in [0.25, 0.3) is 10.9 Å². The number of para-hydroxylation sites is 1. The number of fused-ring (bicyclic) bond motifs is 1. The van der Waals surface area contributed by atoms with Gasteiger partial charge >= 0.3 is 5.97 Å². The fraction of sp³-hybridized carbons (Fsp3) is 0.471. The van der Waals surface area contributed by atoms with Crippen molar-refractivity contribution in [3.05, 3.63) is 36.0 Å². The van der Waals surface area contributed by atoms with Gasteiger partial charge in [0.05, 0.1) is 0 Å². The van der Waals surface area contributed by atoms with Gasteiger partial charge < -0.3 is 26.5 Å². The number of nitrogens with two attached hydrogens (primary N) is 2. The van der Waals surface area contributed by atoms with Crippen LogP contribution in [0.3, 0.4) is 0 Å². The lowest BCUT2D eigenvalue weighted by Crippen LogP contribution is -2.29. The number of carboxylic acids is 1. The molecule has 0 saturated heterocycles. The van der Waals surface area contributed by atoms with Crippen LogP contribution in [-0.4, -0.2) is 47.6 Å². The first-order chi connectivity index (χ1) is 11.0. The first kappa shape index (κ1) is 19.2. The summed E-state index contributed by atoms with van der Waals surface area (Å²) in [6.45, 7) is 1.59. The minimum atomic E-state index is -0.933. The van der Waals surface area contributed by atoms with Crippen LogP contribution >= 0.6 is 0 Å². The summed E-state index contributed by atoms with van der Waals surface area (Å²) in [7, 11) is 4.17. The number of nitrogens with zero attached hydrogens (tertiary/aromatic N) is 1. The van der Waals surface area contributed by atoms with Crippen LogP contribution < -0.4 is 11.5 Å². The van der Waals surface area contributed by atoms with Crippen LogP contribution in [0.1, 0.15) is 24.8 Å². The van der Waals surface area contributed by atoms with E-state index in [0.29, 0.717) is 13.0 Å². The number of carboxylic acid groups (broad SMARTS) is 1. The number of nitrogens with one attached hydrogen (secondary N) is 1. The molecule has 0 aliphatic rings. The summed E-state index contributed by atoms with van der Waals surface area (Å²) in [6, 6.07) is 7.68. The largest absolute Gasteiger partial charge is 0.480 e. The molecule has 0 amide bonds. The van der Waals surface area contributed by atoms with Gasteiger partial charge in [0.2, 0.25) is 0 Å². The van der Waals surface area contributed by atoms with Crippen molar-refractivity contribution in [3.63, 3.8) is 0 Å². The Bertz CT molecular complexity index is 595. The molecule has 1 atom stereocenters. The van der Waals surface area contributed by atoms with Gasteiger partial charge in [-0.3, -0.25) is 4.79 Å². The summed E-state index contributed by atoms with van der Waals surface area (Å²) in [5.74, 6) is -0.933. The molecule has 6 heteroatoms. The molecular formula is C17H28N4O2. The summed E-state index contributed by atoms with van der Waals surface area (Å²) >= 11 is 0. The van der Waals surface area contributed by atoms with E-state index in [1.54, 1.807) is 0 Å². The van der Waals surface area contributed by atoms with Gasteiger partial charge in [-0.25, -0.2) is 0 Å². The van der Waals surface area contributed by atoms with Crippen molar-refractivity contribution < 1.29 is 9.90 Å². The Labute approximate surface area is 137 Å². The molecule has 2 aromatic rings. The average molecular weight is 320 g/mol. The first-order valence-corrected chi connectivity index (χ1v) is 7.84. The van der Waals surface area contributed by atoms with Gasteiger partial charge in [-0.15, -0.1) is 0 Å². The average Bonchev–Trinajstić information content (AvgIpc) is 2.91. The number of unbranched alkanes of at least 4 members (excludes halogenated alkanes) is 1. The highest BCUT2D eigenvalue weighted by Crippen LogP contribution is 2.18. The lowest BCUT2D eigenvalue weighted by Gasteiger charge is -2.07.